The molecule has 3 aromatic carbocycles. The quantitative estimate of drug-likeness (QED) is 0.428. The van der Waals surface area contributed by atoms with Gasteiger partial charge in [-0.2, -0.15) is 0 Å². The zero-order valence-electron chi connectivity index (χ0n) is 19.1. The van der Waals surface area contributed by atoms with Gasteiger partial charge in [-0.25, -0.2) is 0 Å². The highest BCUT2D eigenvalue weighted by atomic mass is 35.5. The molecule has 7 heteroatoms. The number of carbonyl (C=O) groups excluding carboxylic acids is 1. The summed E-state index contributed by atoms with van der Waals surface area (Å²) in [4.78, 5) is 13.3. The lowest BCUT2D eigenvalue weighted by atomic mass is 9.96. The van der Waals surface area contributed by atoms with Crippen LogP contribution in [0.15, 0.2) is 54.6 Å². The minimum atomic E-state index is -0.162. The number of carbonyl (C=O) groups is 1. The Morgan fingerprint density at radius 1 is 1.09 bits per heavy atom. The monoisotopic (exact) mass is 481 g/mol. The summed E-state index contributed by atoms with van der Waals surface area (Å²) in [6.07, 6.45) is 0.555. The molecule has 0 atom stereocenters. The number of aldehydes is 1. The van der Waals surface area contributed by atoms with Crippen molar-refractivity contribution in [2.45, 2.75) is 13.5 Å². The minimum absolute atomic E-state index is 0.127. The summed E-state index contributed by atoms with van der Waals surface area (Å²) in [5, 5.41) is 10.2. The van der Waals surface area contributed by atoms with Crippen molar-refractivity contribution in [3.05, 3.63) is 76.3 Å². The number of phenols is 1. The molecule has 0 radical (unpaired) electrons. The Morgan fingerprint density at radius 2 is 1.88 bits per heavy atom. The largest absolute Gasteiger partial charge is 0.507 e. The average molecular weight is 482 g/mol. The Bertz CT molecular complexity index is 1140. The van der Waals surface area contributed by atoms with Gasteiger partial charge in [-0.15, -0.1) is 0 Å². The summed E-state index contributed by atoms with van der Waals surface area (Å²) in [7, 11) is 0. The molecule has 0 aromatic heterocycles. The van der Waals surface area contributed by atoms with E-state index in [1.807, 2.05) is 24.3 Å². The van der Waals surface area contributed by atoms with E-state index < -0.39 is 0 Å². The van der Waals surface area contributed by atoms with E-state index in [1.165, 1.54) is 12.1 Å². The highest BCUT2D eigenvalue weighted by Crippen LogP contribution is 2.33. The molecular weight excluding hydrogens is 454 g/mol. The Kier molecular flexibility index (Phi) is 8.06. The molecular formula is C27H28ClNO5. The first kappa shape index (κ1) is 24.1. The van der Waals surface area contributed by atoms with Crippen LogP contribution in [0, 0.1) is 6.92 Å². The lowest BCUT2D eigenvalue weighted by molar-refractivity contribution is 0.0322. The van der Waals surface area contributed by atoms with E-state index in [0.717, 1.165) is 60.9 Å². The second-order valence-electron chi connectivity index (χ2n) is 8.17. The van der Waals surface area contributed by atoms with Crippen molar-refractivity contribution >= 4 is 17.9 Å². The molecule has 6 nitrogen and oxygen atoms in total. The van der Waals surface area contributed by atoms with Crippen LogP contribution in [0.4, 0.5) is 0 Å². The number of halogens is 1. The maximum absolute atomic E-state index is 11.0. The van der Waals surface area contributed by atoms with Gasteiger partial charge in [-0.3, -0.25) is 9.69 Å². The van der Waals surface area contributed by atoms with Crippen molar-refractivity contribution in [1.29, 1.82) is 0 Å². The molecule has 4 rings (SSSR count). The predicted molar refractivity (Wildman–Crippen MR) is 132 cm³/mol. The number of benzene rings is 3. The number of hydrogen-bond donors (Lipinski definition) is 1. The van der Waals surface area contributed by atoms with Gasteiger partial charge in [-0.05, 0) is 47.4 Å². The van der Waals surface area contributed by atoms with E-state index >= 15 is 0 Å². The number of ether oxygens (including phenoxy) is 3. The Labute approximate surface area is 204 Å². The van der Waals surface area contributed by atoms with Crippen LogP contribution in [-0.2, 0) is 11.3 Å². The fourth-order valence-corrected chi connectivity index (χ4v) is 4.17. The zero-order chi connectivity index (χ0) is 23.9. The SMILES string of the molecule is Cc1c(COc2cc(O)c(C=O)cc2Cl)cccc1-c1cccc(OCCN2CCOCC2)c1. The Balaban J connectivity index is 1.44. The molecule has 0 spiro atoms. The summed E-state index contributed by atoms with van der Waals surface area (Å²) < 4.78 is 17.3. The summed E-state index contributed by atoms with van der Waals surface area (Å²) >= 11 is 6.20. The second kappa shape index (κ2) is 11.4. The summed E-state index contributed by atoms with van der Waals surface area (Å²) in [5.74, 6) is 1.000. The fourth-order valence-electron chi connectivity index (χ4n) is 3.94. The van der Waals surface area contributed by atoms with Crippen LogP contribution in [-0.4, -0.2) is 55.7 Å². The maximum atomic E-state index is 11.0. The fraction of sp³-hybridized carbons (Fsp3) is 0.296. The van der Waals surface area contributed by atoms with Crippen LogP contribution < -0.4 is 9.47 Å². The first-order valence-corrected chi connectivity index (χ1v) is 11.7. The second-order valence-corrected chi connectivity index (χ2v) is 8.58. The van der Waals surface area contributed by atoms with Gasteiger partial charge in [0.05, 0.1) is 23.8 Å². The number of nitrogens with zero attached hydrogens (tertiary/aromatic N) is 1. The van der Waals surface area contributed by atoms with Crippen LogP contribution in [0.5, 0.6) is 17.2 Å². The van der Waals surface area contributed by atoms with Crippen LogP contribution >= 0.6 is 11.6 Å². The minimum Gasteiger partial charge on any atom is -0.507 e. The molecule has 178 valence electrons. The number of morpholine rings is 1. The van der Waals surface area contributed by atoms with Crippen molar-refractivity contribution in [2.24, 2.45) is 0 Å². The molecule has 0 amide bonds. The molecule has 3 aromatic rings. The summed E-state index contributed by atoms with van der Waals surface area (Å²) in [6.45, 7) is 7.30. The Morgan fingerprint density at radius 3 is 2.68 bits per heavy atom. The van der Waals surface area contributed by atoms with E-state index in [4.69, 9.17) is 25.8 Å². The molecule has 0 unspecified atom stereocenters. The van der Waals surface area contributed by atoms with Gasteiger partial charge in [0.2, 0.25) is 0 Å². The van der Waals surface area contributed by atoms with E-state index in [9.17, 15) is 9.90 Å². The van der Waals surface area contributed by atoms with Crippen LogP contribution in [0.3, 0.4) is 0 Å². The van der Waals surface area contributed by atoms with Gasteiger partial charge in [0.1, 0.15) is 30.5 Å². The number of phenolic OH excluding ortho intramolecular Hbond substituents is 1. The van der Waals surface area contributed by atoms with Gasteiger partial charge >= 0.3 is 0 Å². The predicted octanol–water partition coefficient (Wildman–Crippen LogP) is 5.12. The molecule has 34 heavy (non-hydrogen) atoms. The van der Waals surface area contributed by atoms with Crippen molar-refractivity contribution in [1.82, 2.24) is 4.90 Å². The third-order valence-corrected chi connectivity index (χ3v) is 6.26. The standard InChI is InChI=1S/C27H28ClNO5/c1-19-21(18-34-27-16-26(31)22(17-30)15-25(27)28)5-3-7-24(19)20-4-2-6-23(14-20)33-13-10-29-8-11-32-12-9-29/h2-7,14-17,31H,8-13,18H2,1H3. The van der Waals surface area contributed by atoms with Crippen molar-refractivity contribution in [2.75, 3.05) is 39.5 Å². The van der Waals surface area contributed by atoms with E-state index in [1.54, 1.807) is 0 Å². The molecule has 0 bridgehead atoms. The molecule has 1 N–H and O–H groups in total. The lowest BCUT2D eigenvalue weighted by Gasteiger charge is -2.26. The van der Waals surface area contributed by atoms with Crippen molar-refractivity contribution in [3.63, 3.8) is 0 Å². The van der Waals surface area contributed by atoms with Gasteiger partial charge in [0.15, 0.2) is 6.29 Å². The normalized spacial score (nSPS) is 14.1. The first-order valence-electron chi connectivity index (χ1n) is 11.3. The average Bonchev–Trinajstić information content (AvgIpc) is 2.86. The van der Waals surface area contributed by atoms with E-state index in [2.05, 4.69) is 30.0 Å². The molecule has 0 saturated carbocycles. The Hall–Kier alpha value is -3.06. The molecule has 1 heterocycles. The smallest absolute Gasteiger partial charge is 0.153 e. The first-order chi connectivity index (χ1) is 16.5. The van der Waals surface area contributed by atoms with Gasteiger partial charge in [0, 0.05) is 25.7 Å². The maximum Gasteiger partial charge on any atom is 0.153 e. The molecule has 1 fully saturated rings. The molecule has 1 aliphatic heterocycles. The van der Waals surface area contributed by atoms with Crippen LogP contribution in [0.1, 0.15) is 21.5 Å². The lowest BCUT2D eigenvalue weighted by Crippen LogP contribution is -2.38. The van der Waals surface area contributed by atoms with E-state index in [0.29, 0.717) is 18.6 Å². The van der Waals surface area contributed by atoms with Crippen molar-refractivity contribution < 1.29 is 24.1 Å². The van der Waals surface area contributed by atoms with Crippen LogP contribution in [0.25, 0.3) is 11.1 Å². The zero-order valence-corrected chi connectivity index (χ0v) is 19.9. The molecule has 1 aliphatic rings. The third-order valence-electron chi connectivity index (χ3n) is 5.96. The highest BCUT2D eigenvalue weighted by molar-refractivity contribution is 6.32. The van der Waals surface area contributed by atoms with Gasteiger partial charge < -0.3 is 19.3 Å². The number of hydrogen-bond acceptors (Lipinski definition) is 6. The third kappa shape index (κ3) is 5.89. The van der Waals surface area contributed by atoms with Gasteiger partial charge in [-0.1, -0.05) is 41.9 Å². The topological polar surface area (TPSA) is 68.2 Å². The van der Waals surface area contributed by atoms with Crippen LogP contribution in [0.2, 0.25) is 5.02 Å². The number of aromatic hydroxyl groups is 1. The molecule has 1 saturated heterocycles. The summed E-state index contributed by atoms with van der Waals surface area (Å²) in [5.41, 5.74) is 4.35. The van der Waals surface area contributed by atoms with Gasteiger partial charge in [0.25, 0.3) is 0 Å². The van der Waals surface area contributed by atoms with E-state index in [-0.39, 0.29) is 22.9 Å². The summed E-state index contributed by atoms with van der Waals surface area (Å²) in [6, 6.07) is 16.9. The highest BCUT2D eigenvalue weighted by Gasteiger charge is 2.13. The number of rotatable bonds is 9. The van der Waals surface area contributed by atoms with Crippen molar-refractivity contribution in [3.8, 4) is 28.4 Å². The molecule has 0 aliphatic carbocycles.